The zero-order valence-corrected chi connectivity index (χ0v) is 16.9. The molecule has 0 saturated heterocycles. The standard InChI is InChI=1S/C17H35NO3.C2H6/c1-7-11-20-13-14-21-12-10-18-15(19)17(5,6)9-8-16(2,3)4;1-2/h7-14H2,1-6H3,(H,18,19);1-2H3. The fourth-order valence-corrected chi connectivity index (χ4v) is 1.74. The Labute approximate surface area is 144 Å². The molecule has 0 bridgehead atoms. The smallest absolute Gasteiger partial charge is 0.225 e. The van der Waals surface area contributed by atoms with Crippen molar-refractivity contribution in [2.75, 3.05) is 33.0 Å². The van der Waals surface area contributed by atoms with Gasteiger partial charge in [0.05, 0.1) is 19.8 Å². The van der Waals surface area contributed by atoms with Gasteiger partial charge in [0.15, 0.2) is 0 Å². The van der Waals surface area contributed by atoms with Crippen LogP contribution in [0.4, 0.5) is 0 Å². The molecule has 1 N–H and O–H groups in total. The van der Waals surface area contributed by atoms with Gasteiger partial charge in [-0.3, -0.25) is 4.79 Å². The van der Waals surface area contributed by atoms with Crippen LogP contribution < -0.4 is 5.32 Å². The van der Waals surface area contributed by atoms with Gasteiger partial charge in [-0.2, -0.15) is 0 Å². The molecule has 0 atom stereocenters. The maximum absolute atomic E-state index is 12.2. The lowest BCUT2D eigenvalue weighted by atomic mass is 9.79. The Morgan fingerprint density at radius 2 is 1.39 bits per heavy atom. The first-order chi connectivity index (χ1) is 10.7. The van der Waals surface area contributed by atoms with Crippen molar-refractivity contribution in [1.82, 2.24) is 5.32 Å². The van der Waals surface area contributed by atoms with Crippen molar-refractivity contribution < 1.29 is 14.3 Å². The van der Waals surface area contributed by atoms with Crippen LogP contribution in [0.15, 0.2) is 0 Å². The first kappa shape index (κ1) is 24.6. The van der Waals surface area contributed by atoms with Crippen molar-refractivity contribution in [3.8, 4) is 0 Å². The summed E-state index contributed by atoms with van der Waals surface area (Å²) in [6, 6.07) is 0. The van der Waals surface area contributed by atoms with Crippen molar-refractivity contribution in [2.45, 2.75) is 74.7 Å². The average molecular weight is 332 g/mol. The van der Waals surface area contributed by atoms with Gasteiger partial charge in [0.2, 0.25) is 5.91 Å². The Balaban J connectivity index is 0. The monoisotopic (exact) mass is 331 g/mol. The van der Waals surface area contributed by atoms with Crippen LogP contribution in [0.2, 0.25) is 0 Å². The van der Waals surface area contributed by atoms with Gasteiger partial charge >= 0.3 is 0 Å². The summed E-state index contributed by atoms with van der Waals surface area (Å²) in [7, 11) is 0. The summed E-state index contributed by atoms with van der Waals surface area (Å²) in [6.45, 7) is 19.8. The predicted octanol–water partition coefficient (Wildman–Crippen LogP) is 4.42. The Bertz CT molecular complexity index is 283. The highest BCUT2D eigenvalue weighted by Gasteiger charge is 2.28. The molecule has 0 aromatic carbocycles. The maximum atomic E-state index is 12.2. The summed E-state index contributed by atoms with van der Waals surface area (Å²) >= 11 is 0. The Morgan fingerprint density at radius 3 is 1.87 bits per heavy atom. The fourth-order valence-electron chi connectivity index (χ4n) is 1.74. The van der Waals surface area contributed by atoms with E-state index >= 15 is 0 Å². The van der Waals surface area contributed by atoms with Gasteiger partial charge in [-0.25, -0.2) is 0 Å². The third kappa shape index (κ3) is 16.0. The Hall–Kier alpha value is -0.610. The third-order valence-corrected chi connectivity index (χ3v) is 3.37. The van der Waals surface area contributed by atoms with Gasteiger partial charge < -0.3 is 14.8 Å². The molecule has 4 nitrogen and oxygen atoms in total. The summed E-state index contributed by atoms with van der Waals surface area (Å²) in [5, 5.41) is 2.96. The minimum Gasteiger partial charge on any atom is -0.379 e. The molecule has 0 spiro atoms. The summed E-state index contributed by atoms with van der Waals surface area (Å²) < 4.78 is 10.7. The minimum atomic E-state index is -0.322. The van der Waals surface area contributed by atoms with Crippen LogP contribution in [0, 0.1) is 10.8 Å². The van der Waals surface area contributed by atoms with Crippen LogP contribution in [0.25, 0.3) is 0 Å². The molecule has 0 radical (unpaired) electrons. The van der Waals surface area contributed by atoms with Crippen molar-refractivity contribution in [1.29, 1.82) is 0 Å². The molecule has 0 aromatic rings. The lowest BCUT2D eigenvalue weighted by Crippen LogP contribution is -2.39. The van der Waals surface area contributed by atoms with E-state index in [-0.39, 0.29) is 16.7 Å². The Kier molecular flexibility index (Phi) is 14.8. The molecule has 0 aliphatic heterocycles. The summed E-state index contributed by atoms with van der Waals surface area (Å²) in [6.07, 6.45) is 2.96. The van der Waals surface area contributed by atoms with E-state index in [9.17, 15) is 4.79 Å². The van der Waals surface area contributed by atoms with Crippen molar-refractivity contribution in [2.24, 2.45) is 10.8 Å². The van der Waals surface area contributed by atoms with Gasteiger partial charge in [0.1, 0.15) is 0 Å². The number of nitrogens with one attached hydrogen (secondary N) is 1. The zero-order chi connectivity index (χ0) is 18.4. The van der Waals surface area contributed by atoms with E-state index in [0.29, 0.717) is 26.4 Å². The lowest BCUT2D eigenvalue weighted by Gasteiger charge is -2.27. The van der Waals surface area contributed by atoms with E-state index in [4.69, 9.17) is 9.47 Å². The molecule has 0 heterocycles. The topological polar surface area (TPSA) is 47.6 Å². The van der Waals surface area contributed by atoms with Crippen LogP contribution in [0.1, 0.15) is 74.7 Å². The summed E-state index contributed by atoms with van der Waals surface area (Å²) in [4.78, 5) is 12.2. The van der Waals surface area contributed by atoms with Gasteiger partial charge in [-0.1, -0.05) is 55.4 Å². The van der Waals surface area contributed by atoms with Crippen LogP contribution >= 0.6 is 0 Å². The Morgan fingerprint density at radius 1 is 0.870 bits per heavy atom. The lowest BCUT2D eigenvalue weighted by molar-refractivity contribution is -0.130. The minimum absolute atomic E-state index is 0.109. The molecular weight excluding hydrogens is 290 g/mol. The van der Waals surface area contributed by atoms with Crippen molar-refractivity contribution in [3.63, 3.8) is 0 Å². The van der Waals surface area contributed by atoms with Crippen LogP contribution in [0.3, 0.4) is 0 Å². The van der Waals surface area contributed by atoms with E-state index in [1.165, 1.54) is 0 Å². The number of hydrogen-bond acceptors (Lipinski definition) is 3. The van der Waals surface area contributed by atoms with Crippen molar-refractivity contribution >= 4 is 5.91 Å². The highest BCUT2D eigenvalue weighted by atomic mass is 16.5. The number of carbonyl (C=O) groups excluding carboxylic acids is 1. The predicted molar refractivity (Wildman–Crippen MR) is 98.8 cm³/mol. The third-order valence-electron chi connectivity index (χ3n) is 3.37. The van der Waals surface area contributed by atoms with Gasteiger partial charge in [0, 0.05) is 18.6 Å². The summed E-state index contributed by atoms with van der Waals surface area (Å²) in [5.41, 5.74) is -0.0589. The molecular formula is C19H41NO3. The van der Waals surface area contributed by atoms with E-state index in [1.54, 1.807) is 0 Å². The molecule has 0 fully saturated rings. The largest absolute Gasteiger partial charge is 0.379 e. The molecule has 0 rings (SSSR count). The van der Waals surface area contributed by atoms with Crippen LogP contribution in [0.5, 0.6) is 0 Å². The number of amides is 1. The number of ether oxygens (including phenoxy) is 2. The van der Waals surface area contributed by atoms with E-state index in [1.807, 2.05) is 27.7 Å². The molecule has 0 unspecified atom stereocenters. The van der Waals surface area contributed by atoms with Gasteiger partial charge in [-0.15, -0.1) is 0 Å². The molecule has 0 aliphatic carbocycles. The molecule has 4 heteroatoms. The fraction of sp³-hybridized carbons (Fsp3) is 0.947. The quantitative estimate of drug-likeness (QED) is 0.570. The first-order valence-corrected chi connectivity index (χ1v) is 9.13. The van der Waals surface area contributed by atoms with Gasteiger partial charge in [-0.05, 0) is 24.7 Å². The molecule has 23 heavy (non-hydrogen) atoms. The second-order valence-corrected chi connectivity index (χ2v) is 7.43. The first-order valence-electron chi connectivity index (χ1n) is 9.13. The molecule has 140 valence electrons. The van der Waals surface area contributed by atoms with Crippen LogP contribution in [-0.4, -0.2) is 38.9 Å². The normalized spacial score (nSPS) is 11.7. The van der Waals surface area contributed by atoms with Gasteiger partial charge in [0.25, 0.3) is 0 Å². The number of hydrogen-bond donors (Lipinski definition) is 1. The average Bonchev–Trinajstić information content (AvgIpc) is 2.49. The number of carbonyl (C=O) groups is 1. The maximum Gasteiger partial charge on any atom is 0.225 e. The van der Waals surface area contributed by atoms with Crippen molar-refractivity contribution in [3.05, 3.63) is 0 Å². The highest BCUT2D eigenvalue weighted by Crippen LogP contribution is 2.30. The summed E-state index contributed by atoms with van der Waals surface area (Å²) in [5.74, 6) is 0.109. The molecule has 0 aliphatic rings. The zero-order valence-electron chi connectivity index (χ0n) is 16.9. The number of rotatable bonds is 11. The van der Waals surface area contributed by atoms with E-state index < -0.39 is 0 Å². The second-order valence-electron chi connectivity index (χ2n) is 7.43. The molecule has 0 aromatic heterocycles. The molecule has 1 amide bonds. The SMILES string of the molecule is CC.CCCOCCOCCNC(=O)C(C)(C)CCC(C)(C)C. The van der Waals surface area contributed by atoms with E-state index in [2.05, 4.69) is 33.0 Å². The second kappa shape index (κ2) is 13.8. The van der Waals surface area contributed by atoms with Crippen LogP contribution in [-0.2, 0) is 14.3 Å². The highest BCUT2D eigenvalue weighted by molar-refractivity contribution is 5.81. The molecule has 0 saturated carbocycles. The van der Waals surface area contributed by atoms with E-state index in [0.717, 1.165) is 25.9 Å².